The molecule has 94 valence electrons. The second-order valence-electron chi connectivity index (χ2n) is 5.06. The lowest BCUT2D eigenvalue weighted by Gasteiger charge is -2.43. The number of alkyl halides is 1. The predicted octanol–water partition coefficient (Wildman–Crippen LogP) is 2.97. The molecule has 2 fully saturated rings. The Bertz CT molecular complexity index is 380. The molecule has 2 atom stereocenters. The standard InChI is InChI=1S/C12H18ClN3O/c13-8-11-14-15-12(17-11)16-7-3-5-9-4-1-2-6-10(9)16/h9-10H,1-8H2/t9-,10-/m1/s1. The summed E-state index contributed by atoms with van der Waals surface area (Å²) in [6.07, 6.45) is 7.93. The van der Waals surface area contributed by atoms with Gasteiger partial charge in [0.15, 0.2) is 0 Å². The molecule has 2 heterocycles. The second kappa shape index (κ2) is 4.84. The summed E-state index contributed by atoms with van der Waals surface area (Å²) < 4.78 is 5.59. The zero-order valence-corrected chi connectivity index (χ0v) is 10.7. The number of hydrogen-bond donors (Lipinski definition) is 0. The van der Waals surface area contributed by atoms with Crippen molar-refractivity contribution in [1.29, 1.82) is 0 Å². The van der Waals surface area contributed by atoms with E-state index >= 15 is 0 Å². The summed E-state index contributed by atoms with van der Waals surface area (Å²) in [5.74, 6) is 1.65. The van der Waals surface area contributed by atoms with Crippen LogP contribution in [0.25, 0.3) is 0 Å². The van der Waals surface area contributed by atoms with Gasteiger partial charge in [0.25, 0.3) is 0 Å². The van der Waals surface area contributed by atoms with Gasteiger partial charge in [-0.05, 0) is 31.6 Å². The summed E-state index contributed by atoms with van der Waals surface area (Å²) in [6, 6.07) is 1.29. The van der Waals surface area contributed by atoms with E-state index in [9.17, 15) is 0 Å². The van der Waals surface area contributed by atoms with E-state index in [4.69, 9.17) is 16.0 Å². The lowest BCUT2D eigenvalue weighted by molar-refractivity contribution is 0.234. The highest BCUT2D eigenvalue weighted by atomic mass is 35.5. The molecule has 2 aliphatic rings. The summed E-state index contributed by atoms with van der Waals surface area (Å²) in [5.41, 5.74) is 0. The van der Waals surface area contributed by atoms with Crippen molar-refractivity contribution in [2.75, 3.05) is 11.4 Å². The van der Waals surface area contributed by atoms with Crippen LogP contribution in [0.3, 0.4) is 0 Å². The summed E-state index contributed by atoms with van der Waals surface area (Å²) >= 11 is 5.70. The Morgan fingerprint density at radius 3 is 2.82 bits per heavy atom. The molecule has 1 aromatic rings. The van der Waals surface area contributed by atoms with Crippen LogP contribution in [-0.4, -0.2) is 22.8 Å². The predicted molar refractivity (Wildman–Crippen MR) is 66.2 cm³/mol. The first-order valence-electron chi connectivity index (χ1n) is 6.53. The largest absolute Gasteiger partial charge is 0.407 e. The number of anilines is 1. The van der Waals surface area contributed by atoms with Crippen molar-refractivity contribution in [2.45, 2.75) is 50.4 Å². The van der Waals surface area contributed by atoms with Crippen LogP contribution in [0.15, 0.2) is 4.42 Å². The van der Waals surface area contributed by atoms with Crippen LogP contribution in [0.5, 0.6) is 0 Å². The summed E-state index contributed by atoms with van der Waals surface area (Å²) in [4.78, 5) is 2.32. The Balaban J connectivity index is 1.80. The minimum atomic E-state index is 0.301. The zero-order chi connectivity index (χ0) is 11.7. The SMILES string of the molecule is ClCc1nnc(N2CCC[C@H]3CCCC[C@H]32)o1. The fourth-order valence-electron chi connectivity index (χ4n) is 3.28. The van der Waals surface area contributed by atoms with Gasteiger partial charge in [-0.2, -0.15) is 0 Å². The number of aromatic nitrogens is 2. The van der Waals surface area contributed by atoms with E-state index in [1.54, 1.807) is 0 Å². The molecular weight excluding hydrogens is 238 g/mol. The first-order chi connectivity index (χ1) is 8.38. The van der Waals surface area contributed by atoms with Gasteiger partial charge >= 0.3 is 6.01 Å². The van der Waals surface area contributed by atoms with Crippen LogP contribution in [0, 0.1) is 5.92 Å². The van der Waals surface area contributed by atoms with Gasteiger partial charge in [0.1, 0.15) is 5.88 Å². The van der Waals surface area contributed by atoms with Crippen LogP contribution >= 0.6 is 11.6 Å². The first-order valence-corrected chi connectivity index (χ1v) is 7.07. The van der Waals surface area contributed by atoms with Crippen molar-refractivity contribution < 1.29 is 4.42 Å². The van der Waals surface area contributed by atoms with Gasteiger partial charge in [-0.1, -0.05) is 17.9 Å². The molecule has 0 radical (unpaired) electrons. The monoisotopic (exact) mass is 255 g/mol. The third kappa shape index (κ3) is 2.15. The molecule has 4 nitrogen and oxygen atoms in total. The molecule has 1 aliphatic heterocycles. The molecule has 1 saturated heterocycles. The highest BCUT2D eigenvalue weighted by molar-refractivity contribution is 6.16. The van der Waals surface area contributed by atoms with Crippen LogP contribution in [0.2, 0.25) is 0 Å². The number of nitrogens with zero attached hydrogens (tertiary/aromatic N) is 3. The molecule has 3 rings (SSSR count). The molecular formula is C12H18ClN3O. The Morgan fingerprint density at radius 1 is 1.18 bits per heavy atom. The third-order valence-electron chi connectivity index (χ3n) is 4.06. The lowest BCUT2D eigenvalue weighted by atomic mass is 9.78. The van der Waals surface area contributed by atoms with Gasteiger partial charge in [-0.25, -0.2) is 0 Å². The highest BCUT2D eigenvalue weighted by Crippen LogP contribution is 2.37. The third-order valence-corrected chi connectivity index (χ3v) is 4.29. The van der Waals surface area contributed by atoms with Crippen LogP contribution in [0.1, 0.15) is 44.4 Å². The Hall–Kier alpha value is -0.770. The zero-order valence-electron chi connectivity index (χ0n) is 9.94. The molecule has 0 bridgehead atoms. The molecule has 5 heteroatoms. The van der Waals surface area contributed by atoms with Crippen molar-refractivity contribution in [1.82, 2.24) is 10.2 Å². The number of piperidine rings is 1. The molecule has 0 aromatic carbocycles. The van der Waals surface area contributed by atoms with E-state index in [1.807, 2.05) is 0 Å². The molecule has 1 saturated carbocycles. The molecule has 0 spiro atoms. The Morgan fingerprint density at radius 2 is 2.00 bits per heavy atom. The summed E-state index contributed by atoms with van der Waals surface area (Å²) in [7, 11) is 0. The topological polar surface area (TPSA) is 42.2 Å². The van der Waals surface area contributed by atoms with Crippen molar-refractivity contribution in [3.8, 4) is 0 Å². The van der Waals surface area contributed by atoms with Crippen LogP contribution in [0.4, 0.5) is 6.01 Å². The molecule has 1 aromatic heterocycles. The molecule has 0 amide bonds. The highest BCUT2D eigenvalue weighted by Gasteiger charge is 2.35. The normalized spacial score (nSPS) is 29.1. The quantitative estimate of drug-likeness (QED) is 0.762. The van der Waals surface area contributed by atoms with Gasteiger partial charge in [0.05, 0.1) is 0 Å². The molecule has 0 N–H and O–H groups in total. The lowest BCUT2D eigenvalue weighted by Crippen LogP contribution is -2.47. The molecule has 17 heavy (non-hydrogen) atoms. The van der Waals surface area contributed by atoms with E-state index in [-0.39, 0.29) is 0 Å². The fraction of sp³-hybridized carbons (Fsp3) is 0.833. The van der Waals surface area contributed by atoms with Crippen molar-refractivity contribution in [3.05, 3.63) is 5.89 Å². The maximum absolute atomic E-state index is 5.70. The number of rotatable bonds is 2. The van der Waals surface area contributed by atoms with Crippen molar-refractivity contribution >= 4 is 17.6 Å². The van der Waals surface area contributed by atoms with Crippen LogP contribution in [-0.2, 0) is 5.88 Å². The van der Waals surface area contributed by atoms with Gasteiger partial charge in [0.2, 0.25) is 5.89 Å². The van der Waals surface area contributed by atoms with Crippen molar-refractivity contribution in [2.24, 2.45) is 5.92 Å². The summed E-state index contributed by atoms with van der Waals surface area (Å²) in [5, 5.41) is 8.08. The average molecular weight is 256 g/mol. The van der Waals surface area contributed by atoms with E-state index in [0.29, 0.717) is 23.8 Å². The summed E-state index contributed by atoms with van der Waals surface area (Å²) in [6.45, 7) is 1.05. The Kier molecular flexibility index (Phi) is 3.23. The number of hydrogen-bond acceptors (Lipinski definition) is 4. The van der Waals surface area contributed by atoms with Gasteiger partial charge in [0, 0.05) is 12.6 Å². The minimum absolute atomic E-state index is 0.301. The molecule has 1 aliphatic carbocycles. The first kappa shape index (κ1) is 11.3. The van der Waals surface area contributed by atoms with Crippen molar-refractivity contribution in [3.63, 3.8) is 0 Å². The fourth-order valence-corrected chi connectivity index (χ4v) is 3.39. The second-order valence-corrected chi connectivity index (χ2v) is 5.33. The van der Waals surface area contributed by atoms with Crippen LogP contribution < -0.4 is 4.90 Å². The van der Waals surface area contributed by atoms with Gasteiger partial charge < -0.3 is 9.32 Å². The van der Waals surface area contributed by atoms with E-state index < -0.39 is 0 Å². The van der Waals surface area contributed by atoms with E-state index in [1.165, 1.54) is 38.5 Å². The maximum atomic E-state index is 5.70. The maximum Gasteiger partial charge on any atom is 0.318 e. The number of fused-ring (bicyclic) bond motifs is 1. The average Bonchev–Trinajstić information content (AvgIpc) is 2.87. The van der Waals surface area contributed by atoms with E-state index in [0.717, 1.165) is 12.5 Å². The van der Waals surface area contributed by atoms with Gasteiger partial charge in [-0.3, -0.25) is 0 Å². The number of halogens is 1. The van der Waals surface area contributed by atoms with Gasteiger partial charge in [-0.15, -0.1) is 16.7 Å². The van der Waals surface area contributed by atoms with E-state index in [2.05, 4.69) is 15.1 Å². The smallest absolute Gasteiger partial charge is 0.318 e. The Labute approximate surface area is 106 Å². The minimum Gasteiger partial charge on any atom is -0.407 e. The molecule has 0 unspecified atom stereocenters.